The number of pyridine rings is 2. The van der Waals surface area contributed by atoms with E-state index in [0.29, 0.717) is 0 Å². The Morgan fingerprint density at radius 2 is 0.848 bits per heavy atom. The molecule has 0 aliphatic heterocycles. The molecule has 4 heteroatoms. The van der Waals surface area contributed by atoms with Gasteiger partial charge in [0.1, 0.15) is 13.1 Å². The summed E-state index contributed by atoms with van der Waals surface area (Å²) in [6.45, 7) is 6.88. The molecule has 2 nitrogen and oxygen atoms in total. The number of aryl methyl sites for hydroxylation is 2. The fourth-order valence-electron chi connectivity index (χ4n) is 3.97. The number of hydrogen-bond donors (Lipinski definition) is 0. The molecule has 0 aliphatic carbocycles. The molecule has 0 aliphatic rings. The van der Waals surface area contributed by atoms with Crippen LogP contribution in [0.5, 0.6) is 0 Å². The molecule has 0 fully saturated rings. The standard InChI is InChI=1S/C29H48N2S2/c1-3-5-7-9-11-13-20-30-22-16-28(17-23-30)32-26-15-27-33-29-18-24-31(25-19-29)21-14-12-10-8-6-4-2/h16-19,22-25H,3-15,20-21,26-27H2,1-2H3/q+2. The van der Waals surface area contributed by atoms with E-state index < -0.39 is 0 Å². The first-order chi connectivity index (χ1) is 16.3. The van der Waals surface area contributed by atoms with Crippen LogP contribution in [0, 0.1) is 0 Å². The highest BCUT2D eigenvalue weighted by atomic mass is 32.2. The van der Waals surface area contributed by atoms with Crippen molar-refractivity contribution in [1.82, 2.24) is 0 Å². The minimum atomic E-state index is 1.16. The van der Waals surface area contributed by atoms with E-state index in [4.69, 9.17) is 0 Å². The number of thioether (sulfide) groups is 2. The zero-order valence-electron chi connectivity index (χ0n) is 21.4. The molecule has 0 atom stereocenters. The van der Waals surface area contributed by atoms with Crippen LogP contribution in [-0.4, -0.2) is 11.5 Å². The maximum absolute atomic E-state index is 2.34. The lowest BCUT2D eigenvalue weighted by atomic mass is 10.1. The topological polar surface area (TPSA) is 7.76 Å². The molecule has 0 spiro atoms. The smallest absolute Gasteiger partial charge is 0.169 e. The number of hydrogen-bond acceptors (Lipinski definition) is 2. The van der Waals surface area contributed by atoms with Crippen molar-refractivity contribution >= 4 is 23.5 Å². The molecule has 0 amide bonds. The van der Waals surface area contributed by atoms with E-state index in [1.807, 2.05) is 23.5 Å². The molecule has 0 unspecified atom stereocenters. The second-order valence-corrected chi connectivity index (χ2v) is 11.5. The Labute approximate surface area is 213 Å². The van der Waals surface area contributed by atoms with E-state index in [1.54, 1.807) is 0 Å². The highest BCUT2D eigenvalue weighted by Gasteiger charge is 2.04. The molecule has 0 saturated heterocycles. The van der Waals surface area contributed by atoms with Crippen molar-refractivity contribution in [1.29, 1.82) is 0 Å². The summed E-state index contributed by atoms with van der Waals surface area (Å²) in [7, 11) is 0. The lowest BCUT2D eigenvalue weighted by Crippen LogP contribution is -2.32. The molecule has 2 rings (SSSR count). The number of rotatable bonds is 20. The highest BCUT2D eigenvalue weighted by Crippen LogP contribution is 2.21. The van der Waals surface area contributed by atoms with Crippen LogP contribution in [-0.2, 0) is 13.1 Å². The Balaban J connectivity index is 1.51. The highest BCUT2D eigenvalue weighted by molar-refractivity contribution is 8.00. The van der Waals surface area contributed by atoms with Crippen molar-refractivity contribution in [2.45, 2.75) is 120 Å². The fourth-order valence-corrected chi connectivity index (χ4v) is 5.83. The van der Waals surface area contributed by atoms with Gasteiger partial charge >= 0.3 is 0 Å². The molecule has 0 N–H and O–H groups in total. The van der Waals surface area contributed by atoms with Crippen LogP contribution >= 0.6 is 23.5 Å². The third kappa shape index (κ3) is 14.1. The largest absolute Gasteiger partial charge is 0.205 e. The van der Waals surface area contributed by atoms with E-state index in [0.717, 1.165) is 13.1 Å². The maximum Gasteiger partial charge on any atom is 0.169 e. The average molecular weight is 489 g/mol. The van der Waals surface area contributed by atoms with Gasteiger partial charge in [-0.2, -0.15) is 0 Å². The van der Waals surface area contributed by atoms with Crippen molar-refractivity contribution in [3.8, 4) is 0 Å². The summed E-state index contributed by atoms with van der Waals surface area (Å²) in [5, 5.41) is 0. The zero-order valence-corrected chi connectivity index (χ0v) is 23.0. The molecule has 0 aromatic carbocycles. The van der Waals surface area contributed by atoms with E-state index >= 15 is 0 Å². The fraction of sp³-hybridized carbons (Fsp3) is 0.655. The van der Waals surface area contributed by atoms with Gasteiger partial charge < -0.3 is 0 Å². The van der Waals surface area contributed by atoms with Crippen LogP contribution in [0.1, 0.15) is 97.3 Å². The summed E-state index contributed by atoms with van der Waals surface area (Å²) < 4.78 is 4.68. The Morgan fingerprint density at radius 1 is 0.485 bits per heavy atom. The molecule has 2 aromatic heterocycles. The molecule has 33 heavy (non-hydrogen) atoms. The first-order valence-corrected chi connectivity index (χ1v) is 15.5. The van der Waals surface area contributed by atoms with Crippen molar-refractivity contribution in [3.05, 3.63) is 49.1 Å². The van der Waals surface area contributed by atoms with Crippen LogP contribution in [0.25, 0.3) is 0 Å². The lowest BCUT2D eigenvalue weighted by molar-refractivity contribution is -0.697. The molecular weight excluding hydrogens is 440 g/mol. The van der Waals surface area contributed by atoms with Crippen molar-refractivity contribution in [3.63, 3.8) is 0 Å². The maximum atomic E-state index is 2.34. The van der Waals surface area contributed by atoms with E-state index in [-0.39, 0.29) is 0 Å². The van der Waals surface area contributed by atoms with Crippen molar-refractivity contribution in [2.75, 3.05) is 11.5 Å². The van der Waals surface area contributed by atoms with E-state index in [1.165, 1.54) is 105 Å². The second kappa shape index (κ2) is 19.3. The first kappa shape index (κ1) is 28.2. The monoisotopic (exact) mass is 488 g/mol. The van der Waals surface area contributed by atoms with Crippen molar-refractivity contribution < 1.29 is 9.13 Å². The van der Waals surface area contributed by atoms with Gasteiger partial charge in [0.05, 0.1) is 0 Å². The number of aromatic nitrogens is 2. The van der Waals surface area contributed by atoms with Crippen LogP contribution in [0.3, 0.4) is 0 Å². The summed E-state index contributed by atoms with van der Waals surface area (Å²) in [4.78, 5) is 2.80. The Morgan fingerprint density at radius 3 is 1.24 bits per heavy atom. The van der Waals surface area contributed by atoms with E-state index in [2.05, 4.69) is 72.0 Å². The Hall–Kier alpha value is -1.00. The predicted molar refractivity (Wildman–Crippen MR) is 146 cm³/mol. The van der Waals surface area contributed by atoms with Crippen molar-refractivity contribution in [2.24, 2.45) is 0 Å². The van der Waals surface area contributed by atoms with Crippen LogP contribution in [0.2, 0.25) is 0 Å². The van der Waals surface area contributed by atoms with Crippen LogP contribution in [0.4, 0.5) is 0 Å². The van der Waals surface area contributed by atoms with Gasteiger partial charge in [-0.25, -0.2) is 9.13 Å². The quantitative estimate of drug-likeness (QED) is 0.105. The lowest BCUT2D eigenvalue weighted by Gasteiger charge is -2.03. The third-order valence-corrected chi connectivity index (χ3v) is 8.28. The van der Waals surface area contributed by atoms with Gasteiger partial charge in [-0.3, -0.25) is 0 Å². The molecule has 184 valence electrons. The van der Waals surface area contributed by atoms with Gasteiger partial charge in [0.2, 0.25) is 0 Å². The van der Waals surface area contributed by atoms with Gasteiger partial charge in [0, 0.05) is 46.9 Å². The van der Waals surface area contributed by atoms with Crippen LogP contribution in [0.15, 0.2) is 58.8 Å². The number of nitrogens with zero attached hydrogens (tertiary/aromatic N) is 2. The summed E-state index contributed by atoms with van der Waals surface area (Å²) in [5.41, 5.74) is 0. The Bertz CT molecular complexity index is 639. The van der Waals surface area contributed by atoms with Gasteiger partial charge in [-0.15, -0.1) is 23.5 Å². The van der Waals surface area contributed by atoms with Gasteiger partial charge in [-0.1, -0.05) is 65.2 Å². The molecule has 2 aromatic rings. The molecule has 0 bridgehead atoms. The summed E-state index contributed by atoms with van der Waals surface area (Å²) >= 11 is 3.98. The second-order valence-electron chi connectivity index (χ2n) is 9.13. The SMILES string of the molecule is CCCCCCCC[n+]1ccc(SCCCSc2cc[n+](CCCCCCCC)cc2)cc1. The predicted octanol–water partition coefficient (Wildman–Crippen LogP) is 8.26. The van der Waals surface area contributed by atoms with Gasteiger partial charge in [-0.05, 0) is 30.8 Å². The molecular formula is C29H48N2S2+2. The minimum Gasteiger partial charge on any atom is -0.205 e. The molecule has 0 radical (unpaired) electrons. The zero-order chi connectivity index (χ0) is 23.4. The average Bonchev–Trinajstić information content (AvgIpc) is 2.85. The van der Waals surface area contributed by atoms with Crippen LogP contribution < -0.4 is 9.13 Å². The summed E-state index contributed by atoms with van der Waals surface area (Å²) in [6.07, 6.45) is 26.6. The van der Waals surface area contributed by atoms with Gasteiger partial charge in [0.15, 0.2) is 24.8 Å². The van der Waals surface area contributed by atoms with E-state index in [9.17, 15) is 0 Å². The number of unbranched alkanes of at least 4 members (excludes halogenated alkanes) is 10. The Kier molecular flexibility index (Phi) is 16.5. The summed E-state index contributed by atoms with van der Waals surface area (Å²) in [5.74, 6) is 2.39. The summed E-state index contributed by atoms with van der Waals surface area (Å²) in [6, 6.07) is 9.15. The molecule has 0 saturated carbocycles. The normalized spacial score (nSPS) is 11.2. The first-order valence-electron chi connectivity index (χ1n) is 13.6. The third-order valence-electron chi connectivity index (χ3n) is 6.09. The molecule has 2 heterocycles. The van der Waals surface area contributed by atoms with Gasteiger partial charge in [0.25, 0.3) is 0 Å². The minimum absolute atomic E-state index is 1.16.